The molecule has 0 atom stereocenters. The number of hydrogen-bond acceptors (Lipinski definition) is 5. The summed E-state index contributed by atoms with van der Waals surface area (Å²) in [6.45, 7) is 8.77. The van der Waals surface area contributed by atoms with Gasteiger partial charge >= 0.3 is 0 Å². The zero-order chi connectivity index (χ0) is 19.0. The number of piperazine rings is 1. The minimum Gasteiger partial charge on any atom is -0.301 e. The van der Waals surface area contributed by atoms with Crippen molar-refractivity contribution >= 4 is 10.2 Å². The molecule has 1 aliphatic heterocycles. The highest BCUT2D eigenvalue weighted by Crippen LogP contribution is 2.14. The van der Waals surface area contributed by atoms with Crippen LogP contribution in [-0.2, 0) is 23.3 Å². The average molecular weight is 380 g/mol. The van der Waals surface area contributed by atoms with E-state index in [1.807, 2.05) is 24.3 Å². The summed E-state index contributed by atoms with van der Waals surface area (Å²) in [5, 5.41) is 8.61. The molecule has 0 saturated carbocycles. The van der Waals surface area contributed by atoms with Gasteiger partial charge in [-0.2, -0.15) is 22.7 Å². The summed E-state index contributed by atoms with van der Waals surface area (Å²) in [5.74, 6) is 0. The van der Waals surface area contributed by atoms with E-state index in [0.29, 0.717) is 0 Å². The maximum Gasteiger partial charge on any atom is 0.279 e. The van der Waals surface area contributed by atoms with Gasteiger partial charge in [-0.1, -0.05) is 31.2 Å². The lowest BCUT2D eigenvalue weighted by atomic mass is 10.1. The van der Waals surface area contributed by atoms with E-state index in [4.69, 9.17) is 5.26 Å². The molecule has 1 aliphatic rings. The predicted molar refractivity (Wildman–Crippen MR) is 102 cm³/mol. The number of nitrogens with zero attached hydrogens (tertiary/aromatic N) is 4. The highest BCUT2D eigenvalue weighted by molar-refractivity contribution is 7.87. The SMILES string of the molecule is CCN1CCN(Cc2ccccc2CNS(=O)(=O)N(C)CCC#N)CC1. The van der Waals surface area contributed by atoms with Gasteiger partial charge in [0.2, 0.25) is 0 Å². The van der Waals surface area contributed by atoms with Gasteiger partial charge in [0.25, 0.3) is 10.2 Å². The molecule has 1 aromatic rings. The predicted octanol–water partition coefficient (Wildman–Crippen LogP) is 1.00. The van der Waals surface area contributed by atoms with Crippen LogP contribution < -0.4 is 4.72 Å². The van der Waals surface area contributed by atoms with Crippen molar-refractivity contribution in [2.45, 2.75) is 26.4 Å². The van der Waals surface area contributed by atoms with E-state index < -0.39 is 10.2 Å². The number of benzene rings is 1. The second-order valence-corrected chi connectivity index (χ2v) is 8.40. The molecule has 0 radical (unpaired) electrons. The van der Waals surface area contributed by atoms with Crippen molar-refractivity contribution in [3.8, 4) is 6.07 Å². The van der Waals surface area contributed by atoms with E-state index in [1.165, 1.54) is 11.4 Å². The number of nitriles is 1. The molecule has 1 saturated heterocycles. The normalized spacial score (nSPS) is 16.7. The van der Waals surface area contributed by atoms with Gasteiger partial charge in [0, 0.05) is 59.3 Å². The zero-order valence-electron chi connectivity index (χ0n) is 15.7. The Hall–Kier alpha value is -1.50. The van der Waals surface area contributed by atoms with Gasteiger partial charge in [-0.25, -0.2) is 0 Å². The smallest absolute Gasteiger partial charge is 0.279 e. The number of hydrogen-bond donors (Lipinski definition) is 1. The van der Waals surface area contributed by atoms with Crippen molar-refractivity contribution in [1.29, 1.82) is 5.26 Å². The van der Waals surface area contributed by atoms with Crippen LogP contribution in [0.1, 0.15) is 24.5 Å². The summed E-state index contributed by atoms with van der Waals surface area (Å²) in [6.07, 6.45) is 0.178. The third kappa shape index (κ3) is 6.04. The van der Waals surface area contributed by atoms with Gasteiger partial charge in [-0.05, 0) is 17.7 Å². The molecule has 0 unspecified atom stereocenters. The van der Waals surface area contributed by atoms with Crippen LogP contribution in [0.2, 0.25) is 0 Å². The molecule has 1 heterocycles. The molecule has 26 heavy (non-hydrogen) atoms. The van der Waals surface area contributed by atoms with Gasteiger partial charge in [0.1, 0.15) is 0 Å². The molecule has 1 N–H and O–H groups in total. The molecule has 144 valence electrons. The quantitative estimate of drug-likeness (QED) is 0.693. The van der Waals surface area contributed by atoms with E-state index in [-0.39, 0.29) is 19.5 Å². The van der Waals surface area contributed by atoms with Crippen LogP contribution in [-0.4, -0.2) is 68.8 Å². The van der Waals surface area contributed by atoms with Crippen LogP contribution in [0.3, 0.4) is 0 Å². The minimum absolute atomic E-state index is 0.178. The number of likely N-dealkylation sites (N-methyl/N-ethyl adjacent to an activating group) is 1. The maximum atomic E-state index is 12.3. The maximum absolute atomic E-state index is 12.3. The van der Waals surface area contributed by atoms with E-state index >= 15 is 0 Å². The van der Waals surface area contributed by atoms with Crippen LogP contribution in [0.15, 0.2) is 24.3 Å². The lowest BCUT2D eigenvalue weighted by Gasteiger charge is -2.34. The third-order valence-electron chi connectivity index (χ3n) is 4.82. The standard InChI is InChI=1S/C18H29N5O2S/c1-3-22-11-13-23(14-12-22)16-18-8-5-4-7-17(18)15-20-26(24,25)21(2)10-6-9-19/h4-5,7-8,20H,3,6,10-16H2,1-2H3. The monoisotopic (exact) mass is 379 g/mol. The molecule has 0 amide bonds. The van der Waals surface area contributed by atoms with Crippen LogP contribution >= 0.6 is 0 Å². The van der Waals surface area contributed by atoms with Crippen LogP contribution in [0.5, 0.6) is 0 Å². The first-order chi connectivity index (χ1) is 12.5. The highest BCUT2D eigenvalue weighted by atomic mass is 32.2. The van der Waals surface area contributed by atoms with Crippen LogP contribution in [0.4, 0.5) is 0 Å². The van der Waals surface area contributed by atoms with Crippen molar-refractivity contribution < 1.29 is 8.42 Å². The first-order valence-corrected chi connectivity index (χ1v) is 10.5. The Kier molecular flexibility index (Phi) is 8.00. The average Bonchev–Trinajstić information content (AvgIpc) is 2.66. The molecule has 1 aromatic carbocycles. The summed E-state index contributed by atoms with van der Waals surface area (Å²) in [6, 6.07) is 9.92. The molecular formula is C18H29N5O2S. The van der Waals surface area contributed by atoms with Crippen LogP contribution in [0, 0.1) is 11.3 Å². The Morgan fingerprint density at radius 2 is 1.77 bits per heavy atom. The van der Waals surface area contributed by atoms with Gasteiger partial charge in [0.15, 0.2) is 0 Å². The summed E-state index contributed by atoms with van der Waals surface area (Å²) in [5.41, 5.74) is 2.14. The molecular weight excluding hydrogens is 350 g/mol. The van der Waals surface area contributed by atoms with Crippen molar-refractivity contribution in [2.75, 3.05) is 46.3 Å². The van der Waals surface area contributed by atoms with Gasteiger partial charge in [-0.15, -0.1) is 0 Å². The summed E-state index contributed by atoms with van der Waals surface area (Å²) in [4.78, 5) is 4.85. The Morgan fingerprint density at radius 1 is 1.15 bits per heavy atom. The van der Waals surface area contributed by atoms with Gasteiger partial charge in [-0.3, -0.25) is 4.90 Å². The van der Waals surface area contributed by atoms with E-state index in [2.05, 4.69) is 27.5 Å². The molecule has 0 bridgehead atoms. The molecule has 2 rings (SSSR count). The van der Waals surface area contributed by atoms with Crippen molar-refractivity contribution in [1.82, 2.24) is 18.8 Å². The zero-order valence-corrected chi connectivity index (χ0v) is 16.5. The lowest BCUT2D eigenvalue weighted by Crippen LogP contribution is -2.45. The second-order valence-electron chi connectivity index (χ2n) is 6.53. The fourth-order valence-electron chi connectivity index (χ4n) is 3.00. The Morgan fingerprint density at radius 3 is 2.38 bits per heavy atom. The minimum atomic E-state index is -3.58. The number of rotatable bonds is 9. The van der Waals surface area contributed by atoms with Gasteiger partial charge < -0.3 is 4.90 Å². The largest absolute Gasteiger partial charge is 0.301 e. The Labute approximate surface area is 157 Å². The highest BCUT2D eigenvalue weighted by Gasteiger charge is 2.19. The first kappa shape index (κ1) is 20.8. The van der Waals surface area contributed by atoms with E-state index in [9.17, 15) is 8.42 Å². The van der Waals surface area contributed by atoms with Crippen molar-refractivity contribution in [3.05, 3.63) is 35.4 Å². The second kappa shape index (κ2) is 10.00. The Balaban J connectivity index is 1.95. The van der Waals surface area contributed by atoms with Crippen LogP contribution in [0.25, 0.3) is 0 Å². The van der Waals surface area contributed by atoms with Crippen molar-refractivity contribution in [2.24, 2.45) is 0 Å². The summed E-state index contributed by atoms with van der Waals surface area (Å²) >= 11 is 0. The first-order valence-electron chi connectivity index (χ1n) is 9.05. The van der Waals surface area contributed by atoms with Crippen molar-refractivity contribution in [3.63, 3.8) is 0 Å². The fraction of sp³-hybridized carbons (Fsp3) is 0.611. The topological polar surface area (TPSA) is 79.7 Å². The third-order valence-corrected chi connectivity index (χ3v) is 6.33. The summed E-state index contributed by atoms with van der Waals surface area (Å²) < 4.78 is 28.4. The lowest BCUT2D eigenvalue weighted by molar-refractivity contribution is 0.131. The Bertz CT molecular complexity index is 709. The molecule has 0 spiro atoms. The molecule has 0 aliphatic carbocycles. The molecule has 1 fully saturated rings. The molecule has 0 aromatic heterocycles. The summed E-state index contributed by atoms with van der Waals surface area (Å²) in [7, 11) is -2.09. The van der Waals surface area contributed by atoms with E-state index in [0.717, 1.165) is 50.4 Å². The fourth-order valence-corrected chi connectivity index (χ4v) is 3.89. The van der Waals surface area contributed by atoms with E-state index in [1.54, 1.807) is 0 Å². The van der Waals surface area contributed by atoms with Gasteiger partial charge in [0.05, 0.1) is 6.07 Å². The molecule has 7 nitrogen and oxygen atoms in total. The molecule has 8 heteroatoms. The number of nitrogens with one attached hydrogen (secondary N) is 1.